The molecule has 3 rings (SSSR count). The summed E-state index contributed by atoms with van der Waals surface area (Å²) in [5.41, 5.74) is 1.54. The van der Waals surface area contributed by atoms with Crippen LogP contribution < -0.4 is 4.72 Å². The number of halogens is 1. The van der Waals surface area contributed by atoms with Crippen LogP contribution in [0.3, 0.4) is 0 Å². The molecule has 2 fully saturated rings. The third kappa shape index (κ3) is 2.63. The molecule has 1 aromatic rings. The topological polar surface area (TPSA) is 46.2 Å². The molecular weight excluding hydrogens is 330 g/mol. The number of aryl methyl sites for hydroxylation is 2. The predicted octanol–water partition coefficient (Wildman–Crippen LogP) is 4.45. The Kier molecular flexibility index (Phi) is 3.90. The molecule has 3 nitrogen and oxygen atoms in total. The number of hydrogen-bond donors (Lipinski definition) is 1. The van der Waals surface area contributed by atoms with E-state index in [0.717, 1.165) is 18.4 Å². The number of sulfonamides is 1. The van der Waals surface area contributed by atoms with E-state index in [1.807, 2.05) is 6.92 Å². The minimum atomic E-state index is -3.55. The van der Waals surface area contributed by atoms with Gasteiger partial charge in [0.25, 0.3) is 0 Å². The molecule has 1 aromatic carbocycles. The highest BCUT2D eigenvalue weighted by molar-refractivity contribution is 7.89. The van der Waals surface area contributed by atoms with Gasteiger partial charge in [0.05, 0.1) is 4.90 Å². The maximum absolute atomic E-state index is 13.0. The van der Waals surface area contributed by atoms with Crippen molar-refractivity contribution < 1.29 is 8.42 Å². The van der Waals surface area contributed by atoms with E-state index in [4.69, 9.17) is 11.6 Å². The van der Waals surface area contributed by atoms with E-state index in [2.05, 4.69) is 25.5 Å². The molecule has 3 atom stereocenters. The van der Waals surface area contributed by atoms with E-state index in [1.54, 1.807) is 19.1 Å². The van der Waals surface area contributed by atoms with Crippen molar-refractivity contribution in [1.82, 2.24) is 4.72 Å². The summed E-state index contributed by atoms with van der Waals surface area (Å²) >= 11 is 6.11. The van der Waals surface area contributed by atoms with Crippen LogP contribution in [0.25, 0.3) is 0 Å². The predicted molar refractivity (Wildman–Crippen MR) is 94.3 cm³/mol. The van der Waals surface area contributed by atoms with Gasteiger partial charge in [-0.1, -0.05) is 32.4 Å². The zero-order chi connectivity index (χ0) is 17.2. The van der Waals surface area contributed by atoms with Crippen molar-refractivity contribution in [2.24, 2.45) is 16.7 Å². The molecule has 23 heavy (non-hydrogen) atoms. The van der Waals surface area contributed by atoms with Crippen LogP contribution in [-0.4, -0.2) is 14.5 Å². The second-order valence-electron chi connectivity index (χ2n) is 8.34. The van der Waals surface area contributed by atoms with Gasteiger partial charge < -0.3 is 0 Å². The zero-order valence-electron chi connectivity index (χ0n) is 14.5. The van der Waals surface area contributed by atoms with Gasteiger partial charge in [-0.2, -0.15) is 0 Å². The lowest BCUT2D eigenvalue weighted by atomic mass is 9.69. The molecule has 2 aliphatic rings. The van der Waals surface area contributed by atoms with Gasteiger partial charge in [0.2, 0.25) is 10.0 Å². The molecule has 2 bridgehead atoms. The van der Waals surface area contributed by atoms with Crippen LogP contribution in [0.15, 0.2) is 17.0 Å². The standard InChI is InChI=1S/C18H26ClNO2S/c1-11-9-15(12(2)8-14(11)19)23(21,22)20-16-17(3,4)13-6-7-18(16,5)10-13/h8-9,13,16,20H,6-7,10H2,1-5H3/t13-,16-,18-/m0/s1. The lowest BCUT2D eigenvalue weighted by Gasteiger charge is -2.42. The highest BCUT2D eigenvalue weighted by Crippen LogP contribution is 2.62. The Labute approximate surface area is 144 Å². The Morgan fingerprint density at radius 1 is 1.17 bits per heavy atom. The van der Waals surface area contributed by atoms with Crippen molar-refractivity contribution >= 4 is 21.6 Å². The summed E-state index contributed by atoms with van der Waals surface area (Å²) in [6, 6.07) is 3.40. The zero-order valence-corrected chi connectivity index (χ0v) is 16.1. The van der Waals surface area contributed by atoms with Gasteiger partial charge in [0.15, 0.2) is 0 Å². The van der Waals surface area contributed by atoms with Crippen molar-refractivity contribution in [1.29, 1.82) is 0 Å². The number of benzene rings is 1. The van der Waals surface area contributed by atoms with Crippen molar-refractivity contribution in [2.45, 2.75) is 64.8 Å². The first-order valence-electron chi connectivity index (χ1n) is 8.26. The van der Waals surface area contributed by atoms with Crippen molar-refractivity contribution in [2.75, 3.05) is 0 Å². The molecule has 128 valence electrons. The molecule has 0 saturated heterocycles. The molecule has 1 N–H and O–H groups in total. The summed E-state index contributed by atoms with van der Waals surface area (Å²) < 4.78 is 29.1. The van der Waals surface area contributed by atoms with Gasteiger partial charge in [-0.15, -0.1) is 0 Å². The van der Waals surface area contributed by atoms with Crippen molar-refractivity contribution in [3.8, 4) is 0 Å². The lowest BCUT2D eigenvalue weighted by Crippen LogP contribution is -2.52. The Balaban J connectivity index is 1.98. The quantitative estimate of drug-likeness (QED) is 0.870. The number of hydrogen-bond acceptors (Lipinski definition) is 2. The Morgan fingerprint density at radius 3 is 2.39 bits per heavy atom. The molecule has 0 heterocycles. The summed E-state index contributed by atoms with van der Waals surface area (Å²) in [4.78, 5) is 0.349. The van der Waals surface area contributed by atoms with Gasteiger partial charge in [0, 0.05) is 11.1 Å². The molecule has 0 radical (unpaired) electrons. The summed E-state index contributed by atoms with van der Waals surface area (Å²) in [5, 5.41) is 0.605. The molecule has 0 aliphatic heterocycles. The van der Waals surface area contributed by atoms with Crippen LogP contribution in [0.2, 0.25) is 5.02 Å². The largest absolute Gasteiger partial charge is 0.241 e. The fourth-order valence-electron chi connectivity index (χ4n) is 4.86. The number of nitrogens with one attached hydrogen (secondary N) is 1. The van der Waals surface area contributed by atoms with Crippen LogP contribution in [0, 0.1) is 30.6 Å². The molecule has 0 spiro atoms. The molecule has 0 aromatic heterocycles. The van der Waals surface area contributed by atoms with E-state index in [1.165, 1.54) is 6.42 Å². The average Bonchev–Trinajstić information content (AvgIpc) is 2.90. The van der Waals surface area contributed by atoms with E-state index in [9.17, 15) is 8.42 Å². The van der Waals surface area contributed by atoms with Crippen LogP contribution in [-0.2, 0) is 10.0 Å². The van der Waals surface area contributed by atoms with Gasteiger partial charge >= 0.3 is 0 Å². The molecule has 0 amide bonds. The minimum absolute atomic E-state index is 0.00452. The minimum Gasteiger partial charge on any atom is -0.207 e. The second kappa shape index (κ2) is 5.21. The highest BCUT2D eigenvalue weighted by atomic mass is 35.5. The monoisotopic (exact) mass is 355 g/mol. The van der Waals surface area contributed by atoms with Crippen LogP contribution >= 0.6 is 11.6 Å². The molecule has 5 heteroatoms. The fourth-order valence-corrected chi connectivity index (χ4v) is 6.92. The summed E-state index contributed by atoms with van der Waals surface area (Å²) in [5.74, 6) is 0.605. The normalized spacial score (nSPS) is 32.4. The molecular formula is C18H26ClNO2S. The SMILES string of the molecule is Cc1cc(S(=O)(=O)N[C@H]2C(C)(C)[C@H]3CC[C@@]2(C)C3)c(C)cc1Cl. The van der Waals surface area contributed by atoms with E-state index < -0.39 is 10.0 Å². The lowest BCUT2D eigenvalue weighted by molar-refractivity contribution is 0.127. The second-order valence-corrected chi connectivity index (χ2v) is 10.4. The summed E-state index contributed by atoms with van der Waals surface area (Å²) in [6.45, 7) is 10.3. The van der Waals surface area contributed by atoms with E-state index in [0.29, 0.717) is 21.4 Å². The van der Waals surface area contributed by atoms with E-state index >= 15 is 0 Å². The third-order valence-corrected chi connectivity index (χ3v) is 8.26. The van der Waals surface area contributed by atoms with Crippen molar-refractivity contribution in [3.05, 3.63) is 28.3 Å². The maximum atomic E-state index is 13.0. The Hall–Kier alpha value is -0.580. The highest BCUT2D eigenvalue weighted by Gasteiger charge is 2.60. The first kappa shape index (κ1) is 17.2. The first-order valence-corrected chi connectivity index (χ1v) is 10.1. The Bertz CT molecular complexity index is 752. The van der Waals surface area contributed by atoms with Gasteiger partial charge in [-0.05, 0) is 73.1 Å². The van der Waals surface area contributed by atoms with Gasteiger partial charge in [-0.25, -0.2) is 13.1 Å². The van der Waals surface area contributed by atoms with Crippen molar-refractivity contribution in [3.63, 3.8) is 0 Å². The third-order valence-electron chi connectivity index (χ3n) is 6.29. The van der Waals surface area contributed by atoms with Crippen LogP contribution in [0.1, 0.15) is 51.2 Å². The van der Waals surface area contributed by atoms with Gasteiger partial charge in [-0.3, -0.25) is 0 Å². The average molecular weight is 356 g/mol. The van der Waals surface area contributed by atoms with Gasteiger partial charge in [0.1, 0.15) is 0 Å². The van der Waals surface area contributed by atoms with Crippen LogP contribution in [0.4, 0.5) is 0 Å². The maximum Gasteiger partial charge on any atom is 0.241 e. The summed E-state index contributed by atoms with van der Waals surface area (Å²) in [6.07, 6.45) is 3.43. The molecule has 2 saturated carbocycles. The Morgan fingerprint density at radius 2 is 1.83 bits per heavy atom. The summed E-state index contributed by atoms with van der Waals surface area (Å²) in [7, 11) is -3.55. The number of fused-ring (bicyclic) bond motifs is 2. The first-order chi connectivity index (χ1) is 10.5. The number of rotatable bonds is 3. The molecule has 0 unspecified atom stereocenters. The fraction of sp³-hybridized carbons (Fsp3) is 0.667. The van der Waals surface area contributed by atoms with E-state index in [-0.39, 0.29) is 16.9 Å². The van der Waals surface area contributed by atoms with Crippen LogP contribution in [0.5, 0.6) is 0 Å². The smallest absolute Gasteiger partial charge is 0.207 e. The molecule has 2 aliphatic carbocycles.